The smallest absolute Gasteiger partial charge is 0.226 e. The van der Waals surface area contributed by atoms with Crippen LogP contribution >= 0.6 is 0 Å². The number of rotatable bonds is 8. The predicted octanol–water partition coefficient (Wildman–Crippen LogP) is 3.83. The third-order valence-electron chi connectivity index (χ3n) is 4.49. The first-order chi connectivity index (χ1) is 14.2. The van der Waals surface area contributed by atoms with Gasteiger partial charge in [-0.15, -0.1) is 0 Å². The molecular weight excluding hydrogens is 364 g/mol. The number of aliphatic hydroxyl groups is 1. The summed E-state index contributed by atoms with van der Waals surface area (Å²) in [6.45, 7) is 5.83. The lowest BCUT2D eigenvalue weighted by molar-refractivity contribution is 0.168. The Labute approximate surface area is 171 Å². The fraction of sp³-hybridized carbons (Fsp3) is 0.304. The number of benzene rings is 2. The monoisotopic (exact) mass is 392 g/mol. The highest BCUT2D eigenvalue weighted by molar-refractivity contribution is 5.79. The van der Waals surface area contributed by atoms with Gasteiger partial charge in [-0.25, -0.2) is 9.98 Å². The minimum absolute atomic E-state index is 0.409. The standard InChI is InChI=1S/C23H28N4O2/c1-3-24-23(25-14-13-21(28)18-7-5-4-6-8-18)26-15-20-16-29-22(27-20)19-11-9-17(2)10-12-19/h4-12,16,21,28H,3,13-15H2,1-2H3,(H2,24,25,26). The van der Waals surface area contributed by atoms with Crippen molar-refractivity contribution in [2.24, 2.45) is 4.99 Å². The van der Waals surface area contributed by atoms with Crippen molar-refractivity contribution < 1.29 is 9.52 Å². The number of aromatic nitrogens is 1. The molecule has 152 valence electrons. The highest BCUT2D eigenvalue weighted by Gasteiger charge is 2.08. The Bertz CT molecular complexity index is 904. The fourth-order valence-corrected chi connectivity index (χ4v) is 2.88. The van der Waals surface area contributed by atoms with Crippen molar-refractivity contribution >= 4 is 5.96 Å². The summed E-state index contributed by atoms with van der Waals surface area (Å²) >= 11 is 0. The zero-order chi connectivity index (χ0) is 20.5. The van der Waals surface area contributed by atoms with Gasteiger partial charge in [0.05, 0.1) is 12.6 Å². The van der Waals surface area contributed by atoms with Crippen molar-refractivity contribution in [3.8, 4) is 11.5 Å². The summed E-state index contributed by atoms with van der Waals surface area (Å²) in [5.74, 6) is 1.28. The molecule has 1 aromatic heterocycles. The molecule has 0 aliphatic rings. The lowest BCUT2D eigenvalue weighted by atomic mass is 10.1. The molecule has 3 rings (SSSR count). The summed E-state index contributed by atoms with van der Waals surface area (Å²) in [5, 5.41) is 16.7. The van der Waals surface area contributed by atoms with E-state index in [1.54, 1.807) is 6.26 Å². The van der Waals surface area contributed by atoms with Crippen LogP contribution in [0.5, 0.6) is 0 Å². The molecule has 1 atom stereocenters. The molecule has 2 aromatic carbocycles. The largest absolute Gasteiger partial charge is 0.444 e. The van der Waals surface area contributed by atoms with Gasteiger partial charge in [0, 0.05) is 18.7 Å². The number of aryl methyl sites for hydroxylation is 1. The molecule has 0 spiro atoms. The van der Waals surface area contributed by atoms with E-state index >= 15 is 0 Å². The van der Waals surface area contributed by atoms with Crippen LogP contribution in [-0.2, 0) is 6.54 Å². The zero-order valence-corrected chi connectivity index (χ0v) is 16.9. The maximum atomic E-state index is 10.3. The lowest BCUT2D eigenvalue weighted by Crippen LogP contribution is -2.38. The van der Waals surface area contributed by atoms with E-state index in [2.05, 4.69) is 20.6 Å². The molecule has 0 amide bonds. The normalized spacial score (nSPS) is 12.6. The first-order valence-electron chi connectivity index (χ1n) is 9.92. The van der Waals surface area contributed by atoms with Gasteiger partial charge < -0.3 is 20.2 Å². The maximum Gasteiger partial charge on any atom is 0.226 e. The van der Waals surface area contributed by atoms with Crippen molar-refractivity contribution in [2.45, 2.75) is 32.9 Å². The molecule has 0 aliphatic carbocycles. The number of aliphatic hydroxyl groups excluding tert-OH is 1. The number of hydrogen-bond acceptors (Lipinski definition) is 4. The molecule has 3 N–H and O–H groups in total. The first-order valence-corrected chi connectivity index (χ1v) is 9.92. The molecular formula is C23H28N4O2. The number of hydrogen-bond donors (Lipinski definition) is 3. The van der Waals surface area contributed by atoms with Crippen LogP contribution < -0.4 is 10.6 Å². The Hall–Kier alpha value is -3.12. The SMILES string of the molecule is CCNC(=NCc1coc(-c2ccc(C)cc2)n1)NCCC(O)c1ccccc1. The third-order valence-corrected chi connectivity index (χ3v) is 4.49. The second kappa shape index (κ2) is 10.4. The topological polar surface area (TPSA) is 82.7 Å². The van der Waals surface area contributed by atoms with E-state index in [1.165, 1.54) is 5.56 Å². The van der Waals surface area contributed by atoms with E-state index in [-0.39, 0.29) is 0 Å². The second-order valence-electron chi connectivity index (χ2n) is 6.85. The van der Waals surface area contributed by atoms with E-state index in [4.69, 9.17) is 4.42 Å². The van der Waals surface area contributed by atoms with Crippen LogP contribution in [0.4, 0.5) is 0 Å². The van der Waals surface area contributed by atoms with E-state index in [0.29, 0.717) is 31.4 Å². The predicted molar refractivity (Wildman–Crippen MR) is 116 cm³/mol. The molecule has 0 saturated heterocycles. The van der Waals surface area contributed by atoms with Gasteiger partial charge in [-0.3, -0.25) is 0 Å². The van der Waals surface area contributed by atoms with E-state index in [0.717, 1.165) is 23.4 Å². The number of oxazole rings is 1. The average molecular weight is 393 g/mol. The van der Waals surface area contributed by atoms with E-state index in [9.17, 15) is 5.11 Å². The average Bonchev–Trinajstić information content (AvgIpc) is 3.22. The molecule has 0 aliphatic heterocycles. The van der Waals surface area contributed by atoms with Crippen molar-refractivity contribution in [1.82, 2.24) is 15.6 Å². The highest BCUT2D eigenvalue weighted by atomic mass is 16.3. The van der Waals surface area contributed by atoms with Crippen LogP contribution in [0.3, 0.4) is 0 Å². The molecule has 6 nitrogen and oxygen atoms in total. The highest BCUT2D eigenvalue weighted by Crippen LogP contribution is 2.19. The van der Waals surface area contributed by atoms with Gasteiger partial charge in [0.2, 0.25) is 5.89 Å². The van der Waals surface area contributed by atoms with Crippen molar-refractivity contribution in [3.05, 3.63) is 77.7 Å². The number of nitrogens with one attached hydrogen (secondary N) is 2. The minimum atomic E-state index is -0.501. The fourth-order valence-electron chi connectivity index (χ4n) is 2.88. The summed E-state index contributed by atoms with van der Waals surface area (Å²) in [7, 11) is 0. The summed E-state index contributed by atoms with van der Waals surface area (Å²) in [6, 6.07) is 17.7. The Morgan fingerprint density at radius 3 is 2.59 bits per heavy atom. The van der Waals surface area contributed by atoms with Crippen LogP contribution in [0, 0.1) is 6.92 Å². The molecule has 1 unspecified atom stereocenters. The molecule has 0 saturated carbocycles. The van der Waals surface area contributed by atoms with Gasteiger partial charge in [0.15, 0.2) is 5.96 Å². The van der Waals surface area contributed by atoms with Crippen LogP contribution in [0.1, 0.15) is 36.3 Å². The Kier molecular flexibility index (Phi) is 7.41. The Morgan fingerprint density at radius 1 is 1.10 bits per heavy atom. The number of nitrogens with zero attached hydrogens (tertiary/aromatic N) is 2. The quantitative estimate of drug-likeness (QED) is 0.401. The molecule has 6 heteroatoms. The van der Waals surface area contributed by atoms with Crippen molar-refractivity contribution in [1.29, 1.82) is 0 Å². The third kappa shape index (κ3) is 6.19. The lowest BCUT2D eigenvalue weighted by Gasteiger charge is -2.14. The molecule has 3 aromatic rings. The summed E-state index contributed by atoms with van der Waals surface area (Å²) in [4.78, 5) is 9.09. The summed E-state index contributed by atoms with van der Waals surface area (Å²) in [6.07, 6.45) is 1.73. The Balaban J connectivity index is 1.54. The number of guanidine groups is 1. The van der Waals surface area contributed by atoms with Crippen molar-refractivity contribution in [2.75, 3.05) is 13.1 Å². The summed E-state index contributed by atoms with van der Waals surface area (Å²) in [5.41, 5.74) is 3.83. The Morgan fingerprint density at radius 2 is 1.86 bits per heavy atom. The maximum absolute atomic E-state index is 10.3. The van der Waals surface area contributed by atoms with Gasteiger partial charge in [-0.05, 0) is 38.0 Å². The van der Waals surface area contributed by atoms with Gasteiger partial charge in [0.25, 0.3) is 0 Å². The van der Waals surface area contributed by atoms with Crippen LogP contribution in [0.15, 0.2) is 70.3 Å². The minimum Gasteiger partial charge on any atom is -0.444 e. The molecule has 29 heavy (non-hydrogen) atoms. The van der Waals surface area contributed by atoms with Gasteiger partial charge in [-0.1, -0.05) is 48.0 Å². The second-order valence-corrected chi connectivity index (χ2v) is 6.85. The summed E-state index contributed by atoms with van der Waals surface area (Å²) < 4.78 is 5.59. The molecule has 0 fully saturated rings. The zero-order valence-electron chi connectivity index (χ0n) is 16.9. The van der Waals surface area contributed by atoms with Crippen molar-refractivity contribution in [3.63, 3.8) is 0 Å². The number of aliphatic imine (C=N–C) groups is 1. The van der Waals surface area contributed by atoms with Crippen LogP contribution in [0.25, 0.3) is 11.5 Å². The molecule has 0 bridgehead atoms. The van der Waals surface area contributed by atoms with E-state index < -0.39 is 6.10 Å². The van der Waals surface area contributed by atoms with Gasteiger partial charge >= 0.3 is 0 Å². The van der Waals surface area contributed by atoms with E-state index in [1.807, 2.05) is 68.4 Å². The van der Waals surface area contributed by atoms with Crippen LogP contribution in [-0.4, -0.2) is 29.1 Å². The molecule has 0 radical (unpaired) electrons. The first kappa shape index (κ1) is 20.6. The van der Waals surface area contributed by atoms with Crippen LogP contribution in [0.2, 0.25) is 0 Å². The van der Waals surface area contributed by atoms with Gasteiger partial charge in [-0.2, -0.15) is 0 Å². The molecule has 1 heterocycles. The van der Waals surface area contributed by atoms with Gasteiger partial charge in [0.1, 0.15) is 12.0 Å².